The molecule has 0 heterocycles. The van der Waals surface area contributed by atoms with Gasteiger partial charge in [0.15, 0.2) is 0 Å². The van der Waals surface area contributed by atoms with Crippen molar-refractivity contribution in [3.05, 3.63) is 0 Å². The molecule has 0 rings (SSSR count). The first-order valence-corrected chi connectivity index (χ1v) is 12.9. The Bertz CT molecular complexity index is 290. The molecule has 0 saturated carbocycles. The van der Waals surface area contributed by atoms with Crippen LogP contribution in [0, 0.1) is 0 Å². The van der Waals surface area contributed by atoms with Crippen molar-refractivity contribution in [2.24, 2.45) is 0 Å². The molecule has 0 radical (unpaired) electrons. The van der Waals surface area contributed by atoms with Gasteiger partial charge in [0, 0.05) is 12.1 Å². The molecule has 116 valence electrons. The Morgan fingerprint density at radius 2 is 1.16 bits per heavy atom. The normalized spacial score (nSPS) is 16.6. The molecule has 8 heteroatoms. The van der Waals surface area contributed by atoms with E-state index in [1.165, 1.54) is 0 Å². The predicted octanol–water partition coefficient (Wildman–Crippen LogP) is 6.84. The fourth-order valence-corrected chi connectivity index (χ4v) is 11.6. The van der Waals surface area contributed by atoms with Crippen LogP contribution in [-0.4, -0.2) is 32.1 Å². The Kier molecular flexibility index (Phi) is 7.86. The van der Waals surface area contributed by atoms with E-state index in [0.717, 1.165) is 0 Å². The van der Waals surface area contributed by atoms with Gasteiger partial charge in [-0.2, -0.15) is 0 Å². The lowest BCUT2D eigenvalue weighted by atomic mass is 10.3. The molecule has 0 aromatic heterocycles. The second-order valence-corrected chi connectivity index (χ2v) is 19.8. The van der Waals surface area contributed by atoms with Crippen LogP contribution in [0.3, 0.4) is 0 Å². The van der Waals surface area contributed by atoms with Crippen LogP contribution in [0.25, 0.3) is 0 Å². The van der Waals surface area contributed by atoms with Crippen molar-refractivity contribution >= 4 is 74.2 Å². The molecule has 1 unspecified atom stereocenters. The molecular weight excluding hydrogens is 382 g/mol. The summed E-state index contributed by atoms with van der Waals surface area (Å²) in [4.78, 5) is 0. The van der Waals surface area contributed by atoms with Gasteiger partial charge in [0.2, 0.25) is 3.53 Å². The minimum Gasteiger partial charge on any atom is -0.272 e. The third-order valence-corrected chi connectivity index (χ3v) is 15.4. The quantitative estimate of drug-likeness (QED) is 0.275. The minimum atomic E-state index is -1.95. The molecule has 0 bridgehead atoms. The third-order valence-electron chi connectivity index (χ3n) is 2.70. The molecule has 0 N–H and O–H groups in total. The van der Waals surface area contributed by atoms with E-state index in [9.17, 15) is 0 Å². The molecule has 0 saturated heterocycles. The minimum absolute atomic E-state index is 0.204. The predicted molar refractivity (Wildman–Crippen MR) is 97.1 cm³/mol. The Morgan fingerprint density at radius 1 is 0.842 bits per heavy atom. The molecule has 0 fully saturated rings. The zero-order valence-corrected chi connectivity index (χ0v) is 18.1. The summed E-state index contributed by atoms with van der Waals surface area (Å²) in [6.07, 6.45) is 0. The molecule has 0 spiro atoms. The summed E-state index contributed by atoms with van der Waals surface area (Å²) in [5.41, 5.74) is 0. The number of rotatable bonds is 5. The van der Waals surface area contributed by atoms with Gasteiger partial charge < -0.3 is 0 Å². The van der Waals surface area contributed by atoms with E-state index in [-0.39, 0.29) is 12.1 Å². The molecule has 19 heavy (non-hydrogen) atoms. The van der Waals surface area contributed by atoms with Gasteiger partial charge in [-0.3, -0.25) is 4.67 Å². The van der Waals surface area contributed by atoms with E-state index < -0.39 is 23.4 Å². The maximum atomic E-state index is 6.71. The van der Waals surface area contributed by atoms with Gasteiger partial charge >= 0.3 is 0 Å². The number of hydrogen-bond acceptors (Lipinski definition) is 1. The molecule has 0 aromatic carbocycles. The fourth-order valence-electron chi connectivity index (χ4n) is 1.81. The Labute approximate surface area is 145 Å². The lowest BCUT2D eigenvalue weighted by Gasteiger charge is -2.50. The van der Waals surface area contributed by atoms with E-state index in [2.05, 4.69) is 52.0 Å². The second kappa shape index (κ2) is 7.09. The van der Waals surface area contributed by atoms with Gasteiger partial charge in [0.25, 0.3) is 0 Å². The first-order chi connectivity index (χ1) is 8.14. The molecule has 0 aliphatic rings. The van der Waals surface area contributed by atoms with Gasteiger partial charge in [-0.15, -0.1) is 0 Å². The van der Waals surface area contributed by atoms with E-state index in [4.69, 9.17) is 58.0 Å². The lowest BCUT2D eigenvalue weighted by Crippen LogP contribution is -2.50. The topological polar surface area (TPSA) is 3.24 Å². The summed E-state index contributed by atoms with van der Waals surface area (Å²) in [5.74, 6) is 0. The molecule has 0 aliphatic heterocycles. The van der Waals surface area contributed by atoms with Gasteiger partial charge in [-0.25, -0.2) is 0 Å². The smallest absolute Gasteiger partial charge is 0.224 e. The first kappa shape index (κ1) is 21.1. The van der Waals surface area contributed by atoms with Crippen LogP contribution < -0.4 is 0 Å². The highest BCUT2D eigenvalue weighted by Gasteiger charge is 2.57. The average Bonchev–Trinajstić information content (AvgIpc) is 2.07. The summed E-state index contributed by atoms with van der Waals surface area (Å²) < 4.78 is -0.323. The average molecular weight is 406 g/mol. The van der Waals surface area contributed by atoms with Crippen molar-refractivity contribution in [3.8, 4) is 0 Å². The van der Waals surface area contributed by atoms with Crippen molar-refractivity contribution < 1.29 is 0 Å². The number of nitrogens with zero attached hydrogens (tertiary/aromatic N) is 1. The zero-order chi connectivity index (χ0) is 15.8. The van der Waals surface area contributed by atoms with Crippen LogP contribution in [0.15, 0.2) is 0 Å². The van der Waals surface area contributed by atoms with Crippen molar-refractivity contribution in [3.63, 3.8) is 0 Å². The Hall–Kier alpha value is 2.06. The van der Waals surface area contributed by atoms with Crippen LogP contribution in [0.4, 0.5) is 0 Å². The van der Waals surface area contributed by atoms with Crippen LogP contribution in [0.5, 0.6) is 0 Å². The van der Waals surface area contributed by atoms with Crippen molar-refractivity contribution in [1.82, 2.24) is 4.67 Å². The number of hydrogen-bond donors (Lipinski definition) is 0. The van der Waals surface area contributed by atoms with Crippen molar-refractivity contribution in [1.29, 1.82) is 0 Å². The Balaban J connectivity index is 5.85. The summed E-state index contributed by atoms with van der Waals surface area (Å²) in [6.45, 7) is 14.6. The molecule has 0 aromatic rings. The highest BCUT2D eigenvalue weighted by Crippen LogP contribution is 2.73. The van der Waals surface area contributed by atoms with Gasteiger partial charge in [-0.1, -0.05) is 77.6 Å². The summed E-state index contributed by atoms with van der Waals surface area (Å²) in [7, 11) is -3.30. The second-order valence-electron chi connectivity index (χ2n) is 6.14. The van der Waals surface area contributed by atoms with Crippen molar-refractivity contribution in [2.45, 2.75) is 66.7 Å². The van der Waals surface area contributed by atoms with Crippen LogP contribution >= 0.6 is 66.1 Å². The molecular formula is C11H23Cl5NPSi. The maximum Gasteiger partial charge on any atom is 0.224 e. The summed E-state index contributed by atoms with van der Waals surface area (Å²) in [6, 6.07) is 0.407. The SMILES string of the molecule is CC(C)N(C(C)C)P(C(Cl)(Cl)Cl)C(Cl)(Cl)[Si](C)(C)C. The summed E-state index contributed by atoms with van der Waals surface area (Å²) in [5, 5.41) is 0. The van der Waals surface area contributed by atoms with Gasteiger partial charge in [-0.05, 0) is 27.7 Å². The number of halogens is 5. The van der Waals surface area contributed by atoms with Gasteiger partial charge in [0.05, 0.1) is 16.1 Å². The number of alkyl halides is 5. The molecule has 1 nitrogen and oxygen atoms in total. The van der Waals surface area contributed by atoms with Crippen molar-refractivity contribution in [2.75, 3.05) is 0 Å². The van der Waals surface area contributed by atoms with Crippen LogP contribution in [-0.2, 0) is 0 Å². The van der Waals surface area contributed by atoms with Crippen LogP contribution in [0.2, 0.25) is 19.6 Å². The maximum absolute atomic E-state index is 6.71. The highest BCUT2D eigenvalue weighted by atomic mass is 35.6. The molecule has 0 aliphatic carbocycles. The van der Waals surface area contributed by atoms with Gasteiger partial charge in [0.1, 0.15) is 3.70 Å². The lowest BCUT2D eigenvalue weighted by molar-refractivity contribution is 0.321. The third kappa shape index (κ3) is 5.32. The summed E-state index contributed by atoms with van der Waals surface area (Å²) >= 11 is 32.1. The Morgan fingerprint density at radius 3 is 1.32 bits per heavy atom. The standard InChI is InChI=1S/C11H23Cl5NPSi/c1-8(2)17(9(3)4)18(10(12,13)14)11(15,16)19(5,6)7/h8-9H,1-7H3. The monoisotopic (exact) mass is 403 g/mol. The van der Waals surface area contributed by atoms with E-state index in [1.54, 1.807) is 0 Å². The molecule has 0 amide bonds. The molecule has 1 atom stereocenters. The zero-order valence-electron chi connectivity index (χ0n) is 12.4. The van der Waals surface area contributed by atoms with Crippen LogP contribution in [0.1, 0.15) is 27.7 Å². The van der Waals surface area contributed by atoms with E-state index in [1.807, 2.05) is 0 Å². The largest absolute Gasteiger partial charge is 0.272 e. The first-order valence-electron chi connectivity index (χ1n) is 6.17. The fraction of sp³-hybridized carbons (Fsp3) is 1.00. The van der Waals surface area contributed by atoms with E-state index >= 15 is 0 Å². The highest BCUT2D eigenvalue weighted by molar-refractivity contribution is 7.72. The van der Waals surface area contributed by atoms with E-state index in [0.29, 0.717) is 0 Å².